The van der Waals surface area contributed by atoms with Gasteiger partial charge in [0.05, 0.1) is 12.7 Å². The summed E-state index contributed by atoms with van der Waals surface area (Å²) < 4.78 is 18.3. The fraction of sp³-hybridized carbons (Fsp3) is 0.0714. The summed E-state index contributed by atoms with van der Waals surface area (Å²) in [5, 5.41) is 2.94. The lowest BCUT2D eigenvalue weighted by Gasteiger charge is -2.10. The minimum absolute atomic E-state index is 0.221. The molecule has 0 saturated heterocycles. The maximum atomic E-state index is 13.2. The summed E-state index contributed by atoms with van der Waals surface area (Å²) in [7, 11) is 1.44. The highest BCUT2D eigenvalue weighted by molar-refractivity contribution is 6.31. The lowest BCUT2D eigenvalue weighted by molar-refractivity contribution is 0.102. The highest BCUT2D eigenvalue weighted by Crippen LogP contribution is 2.24. The van der Waals surface area contributed by atoms with E-state index in [4.69, 9.17) is 22.1 Å². The summed E-state index contributed by atoms with van der Waals surface area (Å²) in [4.78, 5) is 12.2. The summed E-state index contributed by atoms with van der Waals surface area (Å²) in [6.45, 7) is 0. The van der Waals surface area contributed by atoms with Crippen molar-refractivity contribution in [1.82, 2.24) is 0 Å². The Morgan fingerprint density at radius 2 is 2.05 bits per heavy atom. The molecule has 0 aliphatic carbocycles. The fourth-order valence-corrected chi connectivity index (χ4v) is 1.91. The number of hydrogen-bond donors (Lipinski definition) is 2. The molecule has 104 valence electrons. The molecule has 0 radical (unpaired) electrons. The van der Waals surface area contributed by atoms with Crippen LogP contribution >= 0.6 is 11.6 Å². The van der Waals surface area contributed by atoms with Crippen LogP contribution in [0.15, 0.2) is 36.4 Å². The molecule has 0 bridgehead atoms. The van der Waals surface area contributed by atoms with Crippen LogP contribution in [0.1, 0.15) is 10.4 Å². The maximum Gasteiger partial charge on any atom is 0.259 e. The van der Waals surface area contributed by atoms with Gasteiger partial charge in [-0.1, -0.05) is 11.6 Å². The van der Waals surface area contributed by atoms with Crippen LogP contribution in [0.25, 0.3) is 0 Å². The van der Waals surface area contributed by atoms with E-state index in [0.29, 0.717) is 10.8 Å². The topological polar surface area (TPSA) is 64.3 Å². The summed E-state index contributed by atoms with van der Waals surface area (Å²) in [6, 6.07) is 8.45. The Kier molecular flexibility index (Phi) is 4.10. The number of halogens is 2. The minimum Gasteiger partial charge on any atom is -0.496 e. The summed E-state index contributed by atoms with van der Waals surface area (Å²) in [5.74, 6) is -0.621. The van der Waals surface area contributed by atoms with E-state index >= 15 is 0 Å². The van der Waals surface area contributed by atoms with E-state index in [9.17, 15) is 9.18 Å². The van der Waals surface area contributed by atoms with Crippen molar-refractivity contribution in [2.75, 3.05) is 18.2 Å². The predicted molar refractivity (Wildman–Crippen MR) is 76.8 cm³/mol. The Labute approximate surface area is 120 Å². The molecule has 2 aromatic rings. The van der Waals surface area contributed by atoms with E-state index in [1.54, 1.807) is 12.1 Å². The molecule has 0 spiro atoms. The summed E-state index contributed by atoms with van der Waals surface area (Å²) in [6.07, 6.45) is 0. The van der Waals surface area contributed by atoms with Gasteiger partial charge in [-0.05, 0) is 36.4 Å². The zero-order valence-corrected chi connectivity index (χ0v) is 11.4. The van der Waals surface area contributed by atoms with Crippen LogP contribution < -0.4 is 15.8 Å². The first-order chi connectivity index (χ1) is 9.49. The minimum atomic E-state index is -0.529. The third-order valence-electron chi connectivity index (χ3n) is 2.58. The highest BCUT2D eigenvalue weighted by Gasteiger charge is 2.13. The zero-order chi connectivity index (χ0) is 14.7. The molecular formula is C14H12ClFN2O2. The van der Waals surface area contributed by atoms with Crippen molar-refractivity contribution in [2.24, 2.45) is 0 Å². The first-order valence-corrected chi connectivity index (χ1v) is 6.08. The number of anilines is 2. The average Bonchev–Trinajstić information content (AvgIpc) is 2.37. The number of nitrogens with two attached hydrogens (primary N) is 1. The molecule has 0 atom stereocenters. The normalized spacial score (nSPS) is 10.2. The molecule has 0 fully saturated rings. The Balaban J connectivity index is 2.30. The number of amides is 1. The average molecular weight is 295 g/mol. The molecule has 2 rings (SSSR count). The van der Waals surface area contributed by atoms with E-state index in [1.807, 2.05) is 0 Å². The smallest absolute Gasteiger partial charge is 0.259 e. The molecule has 0 aromatic heterocycles. The van der Waals surface area contributed by atoms with E-state index in [-0.39, 0.29) is 16.9 Å². The second-order valence-corrected chi connectivity index (χ2v) is 4.51. The number of nitrogens with one attached hydrogen (secondary N) is 1. The zero-order valence-electron chi connectivity index (χ0n) is 10.6. The second kappa shape index (κ2) is 5.79. The van der Waals surface area contributed by atoms with E-state index in [1.165, 1.54) is 25.3 Å². The quantitative estimate of drug-likeness (QED) is 0.854. The SMILES string of the molecule is COc1ccc(Cl)cc1C(=O)Nc1cc(N)cc(F)c1. The number of ether oxygens (including phenoxy) is 1. The molecule has 0 aliphatic heterocycles. The number of carbonyl (C=O) groups is 1. The molecule has 0 unspecified atom stereocenters. The van der Waals surface area contributed by atoms with E-state index in [0.717, 1.165) is 6.07 Å². The summed E-state index contributed by atoms with van der Waals surface area (Å²) >= 11 is 5.86. The monoisotopic (exact) mass is 294 g/mol. The van der Waals surface area contributed by atoms with Gasteiger partial charge in [0.25, 0.3) is 5.91 Å². The first-order valence-electron chi connectivity index (χ1n) is 5.70. The molecule has 4 nitrogen and oxygen atoms in total. The van der Waals surface area contributed by atoms with Crippen LogP contribution in [-0.4, -0.2) is 13.0 Å². The molecule has 3 N–H and O–H groups in total. The second-order valence-electron chi connectivity index (χ2n) is 4.07. The summed E-state index contributed by atoms with van der Waals surface area (Å²) in [5.41, 5.74) is 6.25. The molecule has 0 heterocycles. The van der Waals surface area contributed by atoms with Crippen molar-refractivity contribution < 1.29 is 13.9 Å². The van der Waals surface area contributed by atoms with Crippen molar-refractivity contribution >= 4 is 28.9 Å². The van der Waals surface area contributed by atoms with Crippen molar-refractivity contribution in [3.63, 3.8) is 0 Å². The van der Waals surface area contributed by atoms with Crippen molar-refractivity contribution in [1.29, 1.82) is 0 Å². The molecule has 20 heavy (non-hydrogen) atoms. The van der Waals surface area contributed by atoms with Gasteiger partial charge in [0, 0.05) is 16.4 Å². The van der Waals surface area contributed by atoms with Crippen LogP contribution in [0.4, 0.5) is 15.8 Å². The van der Waals surface area contributed by atoms with Crippen LogP contribution in [-0.2, 0) is 0 Å². The van der Waals surface area contributed by atoms with Crippen molar-refractivity contribution in [3.05, 3.63) is 52.8 Å². The first kappa shape index (κ1) is 14.1. The van der Waals surface area contributed by atoms with Crippen LogP contribution in [0.2, 0.25) is 5.02 Å². The number of benzene rings is 2. The van der Waals surface area contributed by atoms with E-state index in [2.05, 4.69) is 5.32 Å². The fourth-order valence-electron chi connectivity index (χ4n) is 1.74. The van der Waals surface area contributed by atoms with Gasteiger partial charge >= 0.3 is 0 Å². The Morgan fingerprint density at radius 1 is 1.30 bits per heavy atom. The van der Waals surface area contributed by atoms with Gasteiger partial charge in [-0.25, -0.2) is 4.39 Å². The van der Waals surface area contributed by atoms with Gasteiger partial charge in [-0.2, -0.15) is 0 Å². The number of hydrogen-bond acceptors (Lipinski definition) is 3. The number of carbonyl (C=O) groups excluding carboxylic acids is 1. The third-order valence-corrected chi connectivity index (χ3v) is 2.82. The lowest BCUT2D eigenvalue weighted by atomic mass is 10.1. The Hall–Kier alpha value is -2.27. The van der Waals surface area contributed by atoms with E-state index < -0.39 is 11.7 Å². The van der Waals surface area contributed by atoms with Gasteiger partial charge in [-0.15, -0.1) is 0 Å². The van der Waals surface area contributed by atoms with Crippen LogP contribution in [0.5, 0.6) is 5.75 Å². The predicted octanol–water partition coefficient (Wildman–Crippen LogP) is 3.32. The standard InChI is InChI=1S/C14H12ClFN2O2/c1-20-13-3-2-8(15)4-12(13)14(19)18-11-6-9(16)5-10(17)7-11/h2-7H,17H2,1H3,(H,18,19). The molecular weight excluding hydrogens is 283 g/mol. The van der Waals surface area contributed by atoms with Gasteiger partial charge in [0.15, 0.2) is 0 Å². The maximum absolute atomic E-state index is 13.2. The molecule has 2 aromatic carbocycles. The molecule has 6 heteroatoms. The number of methoxy groups -OCH3 is 1. The van der Waals surface area contributed by atoms with Gasteiger partial charge < -0.3 is 15.8 Å². The Bertz CT molecular complexity index is 641. The number of nitrogen functional groups attached to an aromatic ring is 1. The number of rotatable bonds is 3. The largest absolute Gasteiger partial charge is 0.496 e. The third kappa shape index (κ3) is 3.19. The lowest BCUT2D eigenvalue weighted by Crippen LogP contribution is -2.13. The van der Waals surface area contributed by atoms with Crippen LogP contribution in [0, 0.1) is 5.82 Å². The molecule has 0 aliphatic rings. The highest BCUT2D eigenvalue weighted by atomic mass is 35.5. The van der Waals surface area contributed by atoms with Gasteiger partial charge in [-0.3, -0.25) is 4.79 Å². The molecule has 0 saturated carbocycles. The van der Waals surface area contributed by atoms with Crippen LogP contribution in [0.3, 0.4) is 0 Å². The van der Waals surface area contributed by atoms with Gasteiger partial charge in [0.1, 0.15) is 11.6 Å². The van der Waals surface area contributed by atoms with Gasteiger partial charge in [0.2, 0.25) is 0 Å². The van der Waals surface area contributed by atoms with Crippen molar-refractivity contribution in [2.45, 2.75) is 0 Å². The van der Waals surface area contributed by atoms with Crippen molar-refractivity contribution in [3.8, 4) is 5.75 Å². The molecule has 1 amide bonds. The Morgan fingerprint density at radius 3 is 2.70 bits per heavy atom.